The van der Waals surface area contributed by atoms with Crippen LogP contribution in [0.2, 0.25) is 5.02 Å². The van der Waals surface area contributed by atoms with E-state index in [1.54, 1.807) is 0 Å². The highest BCUT2D eigenvalue weighted by molar-refractivity contribution is 6.32. The van der Waals surface area contributed by atoms with E-state index in [-0.39, 0.29) is 11.4 Å². The number of hydrogen-bond acceptors (Lipinski definition) is 4. The number of rotatable bonds is 2. The summed E-state index contributed by atoms with van der Waals surface area (Å²) in [7, 11) is 0. The maximum absolute atomic E-state index is 9.53. The van der Waals surface area contributed by atoms with Crippen LogP contribution in [0.25, 0.3) is 11.3 Å². The van der Waals surface area contributed by atoms with E-state index in [0.29, 0.717) is 10.7 Å². The fraction of sp³-hybridized carbons (Fsp3) is 0.312. The molecular formula is C16H15ClN4. The molecule has 1 aliphatic carbocycles. The van der Waals surface area contributed by atoms with Gasteiger partial charge in [-0.1, -0.05) is 48.7 Å². The highest BCUT2D eigenvalue weighted by Crippen LogP contribution is 2.41. The summed E-state index contributed by atoms with van der Waals surface area (Å²) in [6, 6.07) is 10.4. The number of anilines is 1. The van der Waals surface area contributed by atoms with Gasteiger partial charge in [-0.3, -0.25) is 0 Å². The van der Waals surface area contributed by atoms with E-state index in [4.69, 9.17) is 17.3 Å². The van der Waals surface area contributed by atoms with E-state index < -0.39 is 0 Å². The number of halogens is 1. The summed E-state index contributed by atoms with van der Waals surface area (Å²) < 4.78 is 0. The van der Waals surface area contributed by atoms with Crippen LogP contribution >= 0.6 is 11.6 Å². The molecule has 1 aromatic carbocycles. The third-order valence-electron chi connectivity index (χ3n) is 4.14. The topological polar surface area (TPSA) is 75.6 Å². The number of nitriles is 1. The van der Waals surface area contributed by atoms with Crippen LogP contribution in [-0.2, 0) is 5.41 Å². The zero-order chi connectivity index (χ0) is 14.9. The van der Waals surface area contributed by atoms with Crippen LogP contribution in [-0.4, -0.2) is 9.97 Å². The number of nitrogens with zero attached hydrogens (tertiary/aromatic N) is 3. The third-order valence-corrected chi connectivity index (χ3v) is 4.42. The van der Waals surface area contributed by atoms with Gasteiger partial charge in [-0.15, -0.1) is 0 Å². The lowest BCUT2D eigenvalue weighted by molar-refractivity contribution is 0.573. The molecule has 5 heteroatoms. The number of hydrogen-bond donors (Lipinski definition) is 1. The van der Waals surface area contributed by atoms with E-state index in [1.807, 2.05) is 24.3 Å². The monoisotopic (exact) mass is 298 g/mol. The van der Waals surface area contributed by atoms with Crippen molar-refractivity contribution >= 4 is 17.5 Å². The van der Waals surface area contributed by atoms with Crippen LogP contribution in [0, 0.1) is 11.3 Å². The Bertz CT molecular complexity index is 697. The molecule has 1 heterocycles. The molecule has 0 radical (unpaired) electrons. The molecule has 3 rings (SSSR count). The molecule has 0 saturated heterocycles. The van der Waals surface area contributed by atoms with Crippen molar-refractivity contribution in [3.63, 3.8) is 0 Å². The zero-order valence-electron chi connectivity index (χ0n) is 11.5. The van der Waals surface area contributed by atoms with Gasteiger partial charge in [0.1, 0.15) is 0 Å². The highest BCUT2D eigenvalue weighted by Gasteiger charge is 2.35. The SMILES string of the molecule is N#CC1(c2ccc(-c3nc(N)ncc3Cl)cc2)CCCC1. The molecule has 1 aliphatic rings. The maximum Gasteiger partial charge on any atom is 0.220 e. The molecule has 0 bridgehead atoms. The first-order chi connectivity index (χ1) is 10.1. The first-order valence-electron chi connectivity index (χ1n) is 6.95. The van der Waals surface area contributed by atoms with Crippen LogP contribution in [0.1, 0.15) is 31.2 Å². The van der Waals surface area contributed by atoms with E-state index in [0.717, 1.165) is 36.8 Å². The standard InChI is InChI=1S/C16H15ClN4/c17-13-9-20-15(19)21-14(13)11-3-5-12(6-4-11)16(10-18)7-1-2-8-16/h3-6,9H,1-2,7-8H2,(H2,19,20,21). The Balaban J connectivity index is 1.98. The lowest BCUT2D eigenvalue weighted by atomic mass is 9.80. The Hall–Kier alpha value is -2.12. The summed E-state index contributed by atoms with van der Waals surface area (Å²) in [6.45, 7) is 0. The summed E-state index contributed by atoms with van der Waals surface area (Å²) >= 11 is 6.12. The minimum absolute atomic E-state index is 0.197. The normalized spacial score (nSPS) is 16.6. The smallest absolute Gasteiger partial charge is 0.220 e. The molecule has 1 aromatic heterocycles. The molecule has 1 saturated carbocycles. The van der Waals surface area contributed by atoms with E-state index in [9.17, 15) is 5.26 Å². The summed E-state index contributed by atoms with van der Waals surface area (Å²) in [5, 5.41) is 9.99. The van der Waals surface area contributed by atoms with Gasteiger partial charge in [0.05, 0.1) is 28.4 Å². The van der Waals surface area contributed by atoms with Crippen molar-refractivity contribution in [3.05, 3.63) is 41.0 Å². The second-order valence-corrected chi connectivity index (χ2v) is 5.81. The van der Waals surface area contributed by atoms with Crippen molar-refractivity contribution < 1.29 is 0 Å². The minimum atomic E-state index is -0.326. The van der Waals surface area contributed by atoms with Crippen molar-refractivity contribution in [2.45, 2.75) is 31.1 Å². The first kappa shape index (κ1) is 13.8. The summed E-state index contributed by atoms with van der Waals surface area (Å²) in [5.41, 5.74) is 7.86. The van der Waals surface area contributed by atoms with Gasteiger partial charge in [0.15, 0.2) is 0 Å². The van der Waals surface area contributed by atoms with Gasteiger partial charge >= 0.3 is 0 Å². The molecule has 0 atom stereocenters. The predicted octanol–water partition coefficient (Wildman–Crippen LogP) is 3.71. The number of aromatic nitrogens is 2. The molecule has 0 spiro atoms. The average Bonchev–Trinajstić information content (AvgIpc) is 3.00. The molecule has 0 unspecified atom stereocenters. The second kappa shape index (κ2) is 5.34. The van der Waals surface area contributed by atoms with E-state index >= 15 is 0 Å². The van der Waals surface area contributed by atoms with Gasteiger partial charge < -0.3 is 5.73 Å². The molecule has 2 N–H and O–H groups in total. The predicted molar refractivity (Wildman–Crippen MR) is 82.6 cm³/mol. The molecular weight excluding hydrogens is 284 g/mol. The zero-order valence-corrected chi connectivity index (χ0v) is 12.3. The van der Waals surface area contributed by atoms with Crippen LogP contribution in [0.4, 0.5) is 5.95 Å². The molecule has 106 valence electrons. The highest BCUT2D eigenvalue weighted by atomic mass is 35.5. The van der Waals surface area contributed by atoms with Gasteiger partial charge in [0.25, 0.3) is 0 Å². The Labute approximate surface area is 128 Å². The first-order valence-corrected chi connectivity index (χ1v) is 7.33. The number of benzene rings is 1. The summed E-state index contributed by atoms with van der Waals surface area (Å²) in [6.07, 6.45) is 5.60. The van der Waals surface area contributed by atoms with Crippen molar-refractivity contribution in [1.29, 1.82) is 5.26 Å². The van der Waals surface area contributed by atoms with Gasteiger partial charge in [-0.05, 0) is 18.4 Å². The molecule has 2 aromatic rings. The fourth-order valence-corrected chi connectivity index (χ4v) is 3.17. The Morgan fingerprint density at radius 2 is 1.86 bits per heavy atom. The van der Waals surface area contributed by atoms with Crippen LogP contribution in [0.5, 0.6) is 0 Å². The third kappa shape index (κ3) is 2.45. The van der Waals surface area contributed by atoms with Crippen LogP contribution in [0.3, 0.4) is 0 Å². The molecule has 21 heavy (non-hydrogen) atoms. The lowest BCUT2D eigenvalue weighted by Crippen LogP contribution is -2.18. The van der Waals surface area contributed by atoms with Gasteiger partial charge in [0, 0.05) is 5.56 Å². The maximum atomic E-state index is 9.53. The van der Waals surface area contributed by atoms with Crippen molar-refractivity contribution in [1.82, 2.24) is 9.97 Å². The Kier molecular flexibility index (Phi) is 3.52. The molecule has 0 amide bonds. The number of nitrogen functional groups attached to an aromatic ring is 1. The second-order valence-electron chi connectivity index (χ2n) is 5.40. The summed E-state index contributed by atoms with van der Waals surface area (Å²) in [4.78, 5) is 8.04. The van der Waals surface area contributed by atoms with Crippen molar-refractivity contribution in [2.24, 2.45) is 0 Å². The van der Waals surface area contributed by atoms with Crippen LogP contribution in [0.15, 0.2) is 30.5 Å². The molecule has 1 fully saturated rings. The largest absolute Gasteiger partial charge is 0.368 e. The Morgan fingerprint density at radius 1 is 1.19 bits per heavy atom. The van der Waals surface area contributed by atoms with Crippen molar-refractivity contribution in [3.8, 4) is 17.3 Å². The van der Waals surface area contributed by atoms with Crippen LogP contribution < -0.4 is 5.73 Å². The summed E-state index contributed by atoms with van der Waals surface area (Å²) in [5.74, 6) is 0.197. The molecule has 0 aliphatic heterocycles. The minimum Gasteiger partial charge on any atom is -0.368 e. The van der Waals surface area contributed by atoms with Crippen molar-refractivity contribution in [2.75, 3.05) is 5.73 Å². The quantitative estimate of drug-likeness (QED) is 0.917. The molecule has 4 nitrogen and oxygen atoms in total. The van der Waals surface area contributed by atoms with E-state index in [1.165, 1.54) is 6.20 Å². The average molecular weight is 299 g/mol. The van der Waals surface area contributed by atoms with Gasteiger partial charge in [0.2, 0.25) is 5.95 Å². The van der Waals surface area contributed by atoms with Gasteiger partial charge in [-0.2, -0.15) is 5.26 Å². The lowest BCUT2D eigenvalue weighted by Gasteiger charge is -2.20. The van der Waals surface area contributed by atoms with E-state index in [2.05, 4.69) is 16.0 Å². The fourth-order valence-electron chi connectivity index (χ4n) is 2.97. The Morgan fingerprint density at radius 3 is 2.48 bits per heavy atom. The number of nitrogens with two attached hydrogens (primary N) is 1. The van der Waals surface area contributed by atoms with Gasteiger partial charge in [-0.25, -0.2) is 9.97 Å².